The van der Waals surface area contributed by atoms with E-state index in [0.717, 1.165) is 0 Å². The molecule has 0 aliphatic rings. The van der Waals surface area contributed by atoms with Crippen molar-refractivity contribution in [1.29, 1.82) is 0 Å². The summed E-state index contributed by atoms with van der Waals surface area (Å²) in [7, 11) is 0. The molecule has 0 heterocycles. The molecule has 0 N–H and O–H groups in total. The molecule has 12 radical (unpaired) electrons. The monoisotopic (exact) mass is 484 g/mol. The van der Waals surface area contributed by atoms with E-state index in [9.17, 15) is 0 Å². The van der Waals surface area contributed by atoms with Crippen molar-refractivity contribution < 1.29 is 0 Å². The molecule has 28 valence electrons. The Bertz CT molecular complexity index is 16.0. The molecule has 0 atom stereocenters. The molecular weight excluding hydrogens is 485 g/mol. The van der Waals surface area contributed by atoms with Gasteiger partial charge < -0.3 is 19.8 Å². The topological polar surface area (TPSA) is 0 Å². The van der Waals surface area contributed by atoms with Crippen LogP contribution in [0.2, 0.25) is 0 Å². The molecule has 0 unspecified atom stereocenters. The second kappa shape index (κ2) is 58.6. The van der Waals surface area contributed by atoms with Crippen LogP contribution < -0.4 is 0 Å². The summed E-state index contributed by atoms with van der Waals surface area (Å²) in [6.45, 7) is 0. The predicted molar refractivity (Wildman–Crippen MR) is 48.4 cm³/mol. The van der Waals surface area contributed by atoms with E-state index in [0.29, 0.717) is 0 Å². The molecule has 0 aromatic carbocycles. The second-order valence-corrected chi connectivity index (χ2v) is 0. The first kappa shape index (κ1) is 75.6. The van der Waals surface area contributed by atoms with Crippen molar-refractivity contribution >= 4 is 146 Å². The first-order valence-electron chi connectivity index (χ1n) is 0. The Morgan fingerprint density at radius 1 is 0.500 bits per heavy atom. The summed E-state index contributed by atoms with van der Waals surface area (Å²) in [5.74, 6) is 0. The van der Waals surface area contributed by atoms with Crippen molar-refractivity contribution in [2.24, 2.45) is 0 Å². The van der Waals surface area contributed by atoms with Crippen LogP contribution in [0.4, 0.5) is 0 Å². The van der Waals surface area contributed by atoms with Gasteiger partial charge in [-0.05, 0) is 0 Å². The van der Waals surface area contributed by atoms with Gasteiger partial charge in [-0.2, -0.15) is 0 Å². The molecule has 0 aliphatic carbocycles. The normalized spacial score (nSPS) is 0. The minimum absolute atomic E-state index is 0. The Morgan fingerprint density at radius 2 is 0.500 bits per heavy atom. The van der Waals surface area contributed by atoms with Gasteiger partial charge in [0.25, 0.3) is 0 Å². The van der Waals surface area contributed by atoms with E-state index in [1.165, 1.54) is 0 Å². The number of hydrogen-bond donors (Lipinski definition) is 0. The van der Waals surface area contributed by atoms with E-state index in [1.807, 2.05) is 0 Å². The average molecular weight is 485 g/mol. The molecule has 8 heteroatoms. The minimum atomic E-state index is 0. The van der Waals surface area contributed by atoms with Crippen LogP contribution in [0.15, 0.2) is 0 Å². The molecule has 0 aromatic heterocycles. The molecule has 0 saturated heterocycles. The van der Waals surface area contributed by atoms with Crippen LogP contribution >= 0.6 is 19.8 Å². The third kappa shape index (κ3) is 44.3. The molecular formula is Al2Ga2In2P2. The molecule has 0 rings (SSSR count). The van der Waals surface area contributed by atoms with E-state index >= 15 is 0 Å². The fraction of sp³-hybridized carbons (Fsp3) is 0. The second-order valence-electron chi connectivity index (χ2n) is 0. The molecule has 0 bridgehead atoms. The Morgan fingerprint density at radius 3 is 0.500 bits per heavy atom. The summed E-state index contributed by atoms with van der Waals surface area (Å²) in [5.41, 5.74) is 0. The maximum atomic E-state index is 0. The van der Waals surface area contributed by atoms with Gasteiger partial charge in [0.05, 0.1) is 0 Å². The summed E-state index contributed by atoms with van der Waals surface area (Å²) in [6.07, 6.45) is 0. The molecule has 0 aliphatic heterocycles. The molecule has 0 aromatic rings. The molecule has 0 spiro atoms. The molecule has 0 nitrogen and oxygen atoms in total. The summed E-state index contributed by atoms with van der Waals surface area (Å²) >= 11 is 0. The van der Waals surface area contributed by atoms with Gasteiger partial charge in [0.1, 0.15) is 0 Å². The van der Waals surface area contributed by atoms with E-state index in [-0.39, 0.29) is 146 Å². The average Bonchev–Trinajstić information content (AvgIpc) is 0. The van der Waals surface area contributed by atoms with Gasteiger partial charge in [-0.25, -0.2) is 0 Å². The zero-order valence-electron chi connectivity index (χ0n) is 4.36. The largest absolute Gasteiger partial charge is 3.00 e. The van der Waals surface area contributed by atoms with Gasteiger partial charge in [-0.3, -0.25) is 0 Å². The SMILES string of the molecule is [Al+3].[Al+3].[Ga].[Ga].[In].[In].[P-3].[P-3]. The summed E-state index contributed by atoms with van der Waals surface area (Å²) in [4.78, 5) is 0. The van der Waals surface area contributed by atoms with Crippen LogP contribution in [0.1, 0.15) is 0 Å². The zero-order valence-corrected chi connectivity index (χ0v) is 19.9. The van der Waals surface area contributed by atoms with Crippen LogP contribution in [-0.2, 0) is 0 Å². The van der Waals surface area contributed by atoms with Crippen molar-refractivity contribution in [3.8, 4) is 0 Å². The van der Waals surface area contributed by atoms with E-state index in [1.54, 1.807) is 0 Å². The zero-order chi connectivity index (χ0) is 0. The maximum Gasteiger partial charge on any atom is 3.00 e. The van der Waals surface area contributed by atoms with Gasteiger partial charge in [-0.1, -0.05) is 0 Å². The Balaban J connectivity index is 0. The van der Waals surface area contributed by atoms with Gasteiger partial charge in [0.2, 0.25) is 0 Å². The predicted octanol–water partition coefficient (Wildman–Crippen LogP) is -0.562. The molecule has 0 amide bonds. The van der Waals surface area contributed by atoms with Crippen molar-refractivity contribution in [1.82, 2.24) is 0 Å². The standard InChI is InChI=1S/2Al.2Ga.2In.2P/q2*+3;;;;;2*-3. The van der Waals surface area contributed by atoms with Crippen LogP contribution in [0.25, 0.3) is 0 Å². The van der Waals surface area contributed by atoms with Crippen LogP contribution in [-0.4, -0.2) is 126 Å². The third-order valence-corrected chi connectivity index (χ3v) is 0. The Kier molecular flexibility index (Phi) is 554. The Labute approximate surface area is 143 Å². The van der Waals surface area contributed by atoms with Gasteiger partial charge in [0, 0.05) is 91.3 Å². The number of hydrogen-bond acceptors (Lipinski definition) is 0. The van der Waals surface area contributed by atoms with E-state index in [4.69, 9.17) is 0 Å². The van der Waals surface area contributed by atoms with Crippen LogP contribution in [0.3, 0.4) is 0 Å². The number of rotatable bonds is 0. The van der Waals surface area contributed by atoms with E-state index < -0.39 is 0 Å². The van der Waals surface area contributed by atoms with Crippen molar-refractivity contribution in [2.75, 3.05) is 0 Å². The minimum Gasteiger partial charge on any atom is -3.00 e. The quantitative estimate of drug-likeness (QED) is 0.319. The first-order chi connectivity index (χ1) is 0. The molecule has 0 fully saturated rings. The van der Waals surface area contributed by atoms with Gasteiger partial charge >= 0.3 is 34.7 Å². The fourth-order valence-electron chi connectivity index (χ4n) is 0. The van der Waals surface area contributed by atoms with E-state index in [2.05, 4.69) is 0 Å². The maximum absolute atomic E-state index is 0. The summed E-state index contributed by atoms with van der Waals surface area (Å²) < 4.78 is 0. The van der Waals surface area contributed by atoms with Crippen LogP contribution in [0.5, 0.6) is 0 Å². The molecule has 8 heavy (non-hydrogen) atoms. The van der Waals surface area contributed by atoms with Crippen molar-refractivity contribution in [3.05, 3.63) is 0 Å². The third-order valence-electron chi connectivity index (χ3n) is 0. The van der Waals surface area contributed by atoms with Crippen LogP contribution in [0, 0.1) is 0 Å². The first-order valence-corrected chi connectivity index (χ1v) is 0. The molecule has 0 saturated carbocycles. The van der Waals surface area contributed by atoms with Gasteiger partial charge in [0.15, 0.2) is 0 Å². The summed E-state index contributed by atoms with van der Waals surface area (Å²) in [6, 6.07) is 0. The fourth-order valence-corrected chi connectivity index (χ4v) is 0. The smallest absolute Gasteiger partial charge is 3.00 e. The summed E-state index contributed by atoms with van der Waals surface area (Å²) in [5, 5.41) is 0. The van der Waals surface area contributed by atoms with Crippen molar-refractivity contribution in [2.45, 2.75) is 0 Å². The van der Waals surface area contributed by atoms with Crippen molar-refractivity contribution in [3.63, 3.8) is 0 Å². The Hall–Kier alpha value is 4.94. The van der Waals surface area contributed by atoms with Gasteiger partial charge in [-0.15, -0.1) is 0 Å².